The van der Waals surface area contributed by atoms with Crippen LogP contribution in [0.3, 0.4) is 0 Å². The highest BCUT2D eigenvalue weighted by Gasteiger charge is 2.35. The van der Waals surface area contributed by atoms with E-state index in [9.17, 15) is 14.7 Å². The van der Waals surface area contributed by atoms with Gasteiger partial charge in [-0.3, -0.25) is 9.59 Å². The summed E-state index contributed by atoms with van der Waals surface area (Å²) in [4.78, 5) is 23.8. The van der Waals surface area contributed by atoms with Crippen molar-refractivity contribution < 1.29 is 19.4 Å². The molecule has 1 aliphatic rings. The number of carboxylic acid groups (broad SMARTS) is 1. The predicted octanol–water partition coefficient (Wildman–Crippen LogP) is 4.64. The first-order chi connectivity index (χ1) is 13.0. The summed E-state index contributed by atoms with van der Waals surface area (Å²) in [7, 11) is 0. The molecule has 1 aliphatic carbocycles. The molecule has 0 bridgehead atoms. The number of hydrogen-bond acceptors (Lipinski definition) is 3. The molecule has 2 aromatic rings. The van der Waals surface area contributed by atoms with Gasteiger partial charge < -0.3 is 15.2 Å². The number of amides is 1. The van der Waals surface area contributed by atoms with E-state index in [4.69, 9.17) is 16.3 Å². The summed E-state index contributed by atoms with van der Waals surface area (Å²) >= 11 is 5.86. The third-order valence-corrected chi connectivity index (χ3v) is 5.11. The van der Waals surface area contributed by atoms with E-state index in [-0.39, 0.29) is 5.91 Å². The lowest BCUT2D eigenvalue weighted by atomic mass is 9.78. The maximum absolute atomic E-state index is 12.4. The van der Waals surface area contributed by atoms with Crippen molar-refractivity contribution in [2.75, 3.05) is 0 Å². The highest BCUT2D eigenvalue weighted by Crippen LogP contribution is 2.30. The summed E-state index contributed by atoms with van der Waals surface area (Å²) in [5.41, 5.74) is 0.925. The van der Waals surface area contributed by atoms with Crippen molar-refractivity contribution in [1.29, 1.82) is 0 Å². The Kier molecular flexibility index (Phi) is 6.35. The molecule has 0 aliphatic heterocycles. The Bertz CT molecular complexity index is 789. The Morgan fingerprint density at radius 3 is 2.11 bits per heavy atom. The molecule has 0 heterocycles. The van der Waals surface area contributed by atoms with Crippen molar-refractivity contribution in [3.8, 4) is 11.5 Å². The normalized spacial score (nSPS) is 19.3. The molecule has 0 aromatic heterocycles. The molecule has 0 saturated heterocycles. The zero-order valence-corrected chi connectivity index (χ0v) is 15.6. The summed E-state index contributed by atoms with van der Waals surface area (Å²) in [5.74, 6) is -0.692. The smallest absolute Gasteiger partial charge is 0.307 e. The first kappa shape index (κ1) is 19.2. The Balaban J connectivity index is 1.54. The number of nitrogens with one attached hydrogen (secondary N) is 1. The molecule has 2 atom stereocenters. The molecular weight excluding hydrogens is 366 g/mol. The van der Waals surface area contributed by atoms with E-state index in [2.05, 4.69) is 5.32 Å². The van der Waals surface area contributed by atoms with Gasteiger partial charge in [-0.2, -0.15) is 0 Å². The number of carbonyl (C=O) groups is 2. The van der Waals surface area contributed by atoms with Crippen molar-refractivity contribution in [3.63, 3.8) is 0 Å². The zero-order chi connectivity index (χ0) is 19.2. The second-order valence-electron chi connectivity index (χ2n) is 6.75. The second kappa shape index (κ2) is 8.91. The largest absolute Gasteiger partial charge is 0.481 e. The predicted molar refractivity (Wildman–Crippen MR) is 103 cm³/mol. The van der Waals surface area contributed by atoms with Crippen LogP contribution in [0.4, 0.5) is 0 Å². The van der Waals surface area contributed by atoms with Gasteiger partial charge in [0.2, 0.25) is 5.91 Å². The Morgan fingerprint density at radius 1 is 0.963 bits per heavy atom. The minimum absolute atomic E-state index is 0.177. The minimum atomic E-state index is -0.876. The van der Waals surface area contributed by atoms with E-state index >= 15 is 0 Å². The first-order valence-electron chi connectivity index (χ1n) is 9.06. The highest BCUT2D eigenvalue weighted by atomic mass is 35.5. The van der Waals surface area contributed by atoms with Gasteiger partial charge in [0.1, 0.15) is 11.5 Å². The Hall–Kier alpha value is -2.53. The number of carbonyl (C=O) groups excluding carboxylic acids is 1. The first-order valence-corrected chi connectivity index (χ1v) is 9.43. The number of aliphatic carboxylic acids is 1. The number of hydrogen-bond donors (Lipinski definition) is 2. The molecule has 2 aromatic carbocycles. The monoisotopic (exact) mass is 387 g/mol. The fourth-order valence-corrected chi connectivity index (χ4v) is 3.50. The number of ether oxygens (including phenoxy) is 1. The van der Waals surface area contributed by atoms with Crippen LogP contribution in [0.15, 0.2) is 48.5 Å². The van der Waals surface area contributed by atoms with Gasteiger partial charge in [-0.25, -0.2) is 0 Å². The summed E-state index contributed by atoms with van der Waals surface area (Å²) in [6, 6.07) is 14.5. The second-order valence-corrected chi connectivity index (χ2v) is 7.19. The fraction of sp³-hybridized carbons (Fsp3) is 0.333. The maximum Gasteiger partial charge on any atom is 0.307 e. The number of rotatable bonds is 6. The van der Waals surface area contributed by atoms with Crippen LogP contribution in [0.5, 0.6) is 11.5 Å². The van der Waals surface area contributed by atoms with Gasteiger partial charge in [-0.05, 0) is 54.8 Å². The molecule has 0 radical (unpaired) electrons. The van der Waals surface area contributed by atoms with E-state index in [0.29, 0.717) is 35.9 Å². The van der Waals surface area contributed by atoms with Crippen LogP contribution in [-0.4, -0.2) is 17.0 Å². The Labute approximate surface area is 163 Å². The van der Waals surface area contributed by atoms with Crippen LogP contribution in [0.2, 0.25) is 5.02 Å². The lowest BCUT2D eigenvalue weighted by Gasteiger charge is -2.27. The van der Waals surface area contributed by atoms with E-state index < -0.39 is 17.8 Å². The summed E-state index contributed by atoms with van der Waals surface area (Å²) in [6.07, 6.45) is 2.98. The lowest BCUT2D eigenvalue weighted by Crippen LogP contribution is -2.39. The van der Waals surface area contributed by atoms with E-state index in [0.717, 1.165) is 18.4 Å². The van der Waals surface area contributed by atoms with Crippen LogP contribution in [-0.2, 0) is 16.1 Å². The van der Waals surface area contributed by atoms with Gasteiger partial charge in [0, 0.05) is 11.6 Å². The van der Waals surface area contributed by atoms with Crippen LogP contribution in [0.25, 0.3) is 0 Å². The molecule has 5 nitrogen and oxygen atoms in total. The highest BCUT2D eigenvalue weighted by molar-refractivity contribution is 6.30. The third kappa shape index (κ3) is 5.23. The molecule has 142 valence electrons. The average Bonchev–Trinajstić information content (AvgIpc) is 2.69. The number of halogens is 1. The Morgan fingerprint density at radius 2 is 1.52 bits per heavy atom. The number of carboxylic acids is 1. The molecule has 1 fully saturated rings. The van der Waals surface area contributed by atoms with Crippen molar-refractivity contribution in [1.82, 2.24) is 5.32 Å². The molecule has 0 unspecified atom stereocenters. The zero-order valence-electron chi connectivity index (χ0n) is 14.9. The summed E-state index contributed by atoms with van der Waals surface area (Å²) in [5, 5.41) is 12.8. The van der Waals surface area contributed by atoms with Crippen molar-refractivity contribution in [2.24, 2.45) is 11.8 Å². The SMILES string of the molecule is O=C(O)[C@H]1CCCC[C@@H]1C(=O)NCc1ccc(Oc2ccc(Cl)cc2)cc1. The molecule has 0 spiro atoms. The van der Waals surface area contributed by atoms with Crippen molar-refractivity contribution in [2.45, 2.75) is 32.2 Å². The molecule has 1 amide bonds. The van der Waals surface area contributed by atoms with Crippen LogP contribution in [0.1, 0.15) is 31.2 Å². The molecule has 6 heteroatoms. The van der Waals surface area contributed by atoms with Crippen LogP contribution < -0.4 is 10.1 Å². The molecule has 27 heavy (non-hydrogen) atoms. The average molecular weight is 388 g/mol. The minimum Gasteiger partial charge on any atom is -0.481 e. The van der Waals surface area contributed by atoms with E-state index in [1.807, 2.05) is 24.3 Å². The van der Waals surface area contributed by atoms with Gasteiger partial charge in [0.15, 0.2) is 0 Å². The van der Waals surface area contributed by atoms with E-state index in [1.54, 1.807) is 24.3 Å². The van der Waals surface area contributed by atoms with Crippen molar-refractivity contribution >= 4 is 23.5 Å². The van der Waals surface area contributed by atoms with Gasteiger partial charge in [0.05, 0.1) is 11.8 Å². The molecular formula is C21H22ClNO4. The quantitative estimate of drug-likeness (QED) is 0.757. The lowest BCUT2D eigenvalue weighted by molar-refractivity contribution is -0.148. The molecule has 3 rings (SSSR count). The van der Waals surface area contributed by atoms with E-state index in [1.165, 1.54) is 0 Å². The molecule has 1 saturated carbocycles. The fourth-order valence-electron chi connectivity index (χ4n) is 3.37. The van der Waals surface area contributed by atoms with Gasteiger partial charge >= 0.3 is 5.97 Å². The topological polar surface area (TPSA) is 75.6 Å². The standard InChI is InChI=1S/C21H22ClNO4/c22-15-7-11-17(12-8-15)27-16-9-5-14(6-10-16)13-23-20(24)18-3-1-2-4-19(18)21(25)26/h5-12,18-19H,1-4,13H2,(H,23,24)(H,25,26)/t18-,19-/m0/s1. The third-order valence-electron chi connectivity index (χ3n) is 4.86. The number of benzene rings is 2. The summed E-state index contributed by atoms with van der Waals surface area (Å²) < 4.78 is 5.74. The van der Waals surface area contributed by atoms with Gasteiger partial charge in [-0.15, -0.1) is 0 Å². The van der Waals surface area contributed by atoms with Crippen LogP contribution >= 0.6 is 11.6 Å². The summed E-state index contributed by atoms with van der Waals surface area (Å²) in [6.45, 7) is 0.364. The molecule has 2 N–H and O–H groups in total. The van der Waals surface area contributed by atoms with Gasteiger partial charge in [0.25, 0.3) is 0 Å². The maximum atomic E-state index is 12.4. The van der Waals surface area contributed by atoms with Crippen molar-refractivity contribution in [3.05, 3.63) is 59.1 Å². The van der Waals surface area contributed by atoms with Crippen LogP contribution in [0, 0.1) is 11.8 Å². The van der Waals surface area contributed by atoms with Gasteiger partial charge in [-0.1, -0.05) is 36.6 Å².